The molecule has 1 saturated carbocycles. The number of hydrogen-bond donors (Lipinski definition) is 1. The molecule has 0 saturated heterocycles. The molecule has 2 nitrogen and oxygen atoms in total. The van der Waals surface area contributed by atoms with Gasteiger partial charge in [0.05, 0.1) is 0 Å². The van der Waals surface area contributed by atoms with Crippen molar-refractivity contribution in [2.45, 2.75) is 102 Å². The van der Waals surface area contributed by atoms with Gasteiger partial charge in [-0.05, 0) is 33.4 Å². The van der Waals surface area contributed by atoms with Crippen LogP contribution in [-0.2, 0) is 0 Å². The third-order valence-electron chi connectivity index (χ3n) is 5.42. The van der Waals surface area contributed by atoms with Crippen molar-refractivity contribution in [3.05, 3.63) is 0 Å². The first-order chi connectivity index (χ1) is 9.63. The summed E-state index contributed by atoms with van der Waals surface area (Å²) in [5.74, 6) is 0. The average Bonchev–Trinajstić information content (AvgIpc) is 2.46. The predicted octanol–water partition coefficient (Wildman–Crippen LogP) is 4.72. The van der Waals surface area contributed by atoms with Gasteiger partial charge in [-0.1, -0.05) is 71.1 Å². The second kappa shape index (κ2) is 9.78. The van der Waals surface area contributed by atoms with Crippen LogP contribution < -0.4 is 5.73 Å². The van der Waals surface area contributed by atoms with Crippen LogP contribution in [0.4, 0.5) is 0 Å². The van der Waals surface area contributed by atoms with Gasteiger partial charge in [-0.3, -0.25) is 0 Å². The molecule has 1 unspecified atom stereocenters. The van der Waals surface area contributed by atoms with Crippen molar-refractivity contribution in [3.63, 3.8) is 0 Å². The van der Waals surface area contributed by atoms with Crippen LogP contribution in [0.25, 0.3) is 0 Å². The molecular weight excluding hydrogens is 244 g/mol. The summed E-state index contributed by atoms with van der Waals surface area (Å²) in [5.41, 5.74) is 6.90. The second-order valence-corrected chi connectivity index (χ2v) is 7.08. The fourth-order valence-electron chi connectivity index (χ4n) is 3.90. The molecule has 1 aliphatic rings. The lowest BCUT2D eigenvalue weighted by Gasteiger charge is -2.47. The van der Waals surface area contributed by atoms with Crippen LogP contribution in [-0.4, -0.2) is 30.6 Å². The van der Waals surface area contributed by atoms with E-state index < -0.39 is 0 Å². The summed E-state index contributed by atoms with van der Waals surface area (Å²) in [5, 5.41) is 0. The SMILES string of the molecule is CCCCCCCCCC(N)C1(N(C)C)CCCCC1. The molecule has 2 N–H and O–H groups in total. The molecule has 0 aromatic heterocycles. The zero-order chi connectivity index (χ0) is 14.8. The molecule has 0 aromatic carbocycles. The van der Waals surface area contributed by atoms with E-state index in [1.165, 1.54) is 83.5 Å². The van der Waals surface area contributed by atoms with Gasteiger partial charge in [-0.15, -0.1) is 0 Å². The lowest BCUT2D eigenvalue weighted by atomic mass is 9.74. The highest BCUT2D eigenvalue weighted by molar-refractivity contribution is 4.98. The highest BCUT2D eigenvalue weighted by Crippen LogP contribution is 2.35. The molecule has 0 heterocycles. The van der Waals surface area contributed by atoms with Gasteiger partial charge in [0.1, 0.15) is 0 Å². The summed E-state index contributed by atoms with van der Waals surface area (Å²) in [6.07, 6.45) is 17.6. The maximum atomic E-state index is 6.61. The first kappa shape index (κ1) is 18.0. The first-order valence-electron chi connectivity index (χ1n) is 9.06. The number of nitrogens with zero attached hydrogens (tertiary/aromatic N) is 1. The Balaban J connectivity index is 2.23. The molecule has 0 spiro atoms. The third kappa shape index (κ3) is 5.37. The topological polar surface area (TPSA) is 29.3 Å². The van der Waals surface area contributed by atoms with Crippen molar-refractivity contribution in [2.75, 3.05) is 14.1 Å². The fraction of sp³-hybridized carbons (Fsp3) is 1.00. The number of rotatable bonds is 10. The van der Waals surface area contributed by atoms with Crippen molar-refractivity contribution in [1.29, 1.82) is 0 Å². The molecule has 1 fully saturated rings. The Morgan fingerprint density at radius 3 is 2.00 bits per heavy atom. The molecule has 120 valence electrons. The lowest BCUT2D eigenvalue weighted by Crippen LogP contribution is -2.58. The Morgan fingerprint density at radius 2 is 1.45 bits per heavy atom. The van der Waals surface area contributed by atoms with E-state index in [0.717, 1.165) is 0 Å². The van der Waals surface area contributed by atoms with Gasteiger partial charge in [0, 0.05) is 11.6 Å². The Bertz CT molecular complexity index is 232. The molecule has 0 amide bonds. The van der Waals surface area contributed by atoms with Gasteiger partial charge < -0.3 is 10.6 Å². The maximum Gasteiger partial charge on any atom is 0.0354 e. The Labute approximate surface area is 127 Å². The fourth-order valence-corrected chi connectivity index (χ4v) is 3.90. The van der Waals surface area contributed by atoms with Crippen LogP contribution in [0, 0.1) is 0 Å². The minimum atomic E-state index is 0.292. The van der Waals surface area contributed by atoms with Gasteiger partial charge in [0.2, 0.25) is 0 Å². The first-order valence-corrected chi connectivity index (χ1v) is 9.06. The Morgan fingerprint density at radius 1 is 0.900 bits per heavy atom. The molecule has 0 radical (unpaired) electrons. The van der Waals surface area contributed by atoms with E-state index in [1.807, 2.05) is 0 Å². The largest absolute Gasteiger partial charge is 0.326 e. The van der Waals surface area contributed by atoms with Crippen LogP contribution in [0.3, 0.4) is 0 Å². The van der Waals surface area contributed by atoms with Crippen molar-refractivity contribution in [3.8, 4) is 0 Å². The molecule has 1 atom stereocenters. The zero-order valence-corrected chi connectivity index (χ0v) is 14.3. The lowest BCUT2D eigenvalue weighted by molar-refractivity contribution is 0.0674. The van der Waals surface area contributed by atoms with Crippen LogP contribution >= 0.6 is 0 Å². The summed E-state index contributed by atoms with van der Waals surface area (Å²) >= 11 is 0. The zero-order valence-electron chi connectivity index (χ0n) is 14.3. The van der Waals surface area contributed by atoms with Gasteiger partial charge in [-0.25, -0.2) is 0 Å². The molecule has 0 bridgehead atoms. The third-order valence-corrected chi connectivity index (χ3v) is 5.42. The molecule has 0 aromatic rings. The van der Waals surface area contributed by atoms with E-state index in [0.29, 0.717) is 11.6 Å². The van der Waals surface area contributed by atoms with E-state index in [4.69, 9.17) is 5.73 Å². The van der Waals surface area contributed by atoms with Crippen molar-refractivity contribution in [1.82, 2.24) is 4.90 Å². The van der Waals surface area contributed by atoms with Gasteiger partial charge in [0.15, 0.2) is 0 Å². The van der Waals surface area contributed by atoms with E-state index in [2.05, 4.69) is 25.9 Å². The molecule has 1 aliphatic carbocycles. The Hall–Kier alpha value is -0.0800. The minimum Gasteiger partial charge on any atom is -0.326 e. The van der Waals surface area contributed by atoms with E-state index in [-0.39, 0.29) is 0 Å². The number of likely N-dealkylation sites (N-methyl/N-ethyl adjacent to an activating group) is 1. The summed E-state index contributed by atoms with van der Waals surface area (Å²) in [6.45, 7) is 2.28. The molecule has 1 rings (SSSR count). The van der Waals surface area contributed by atoms with E-state index in [1.54, 1.807) is 0 Å². The Kier molecular flexibility index (Phi) is 8.79. The highest BCUT2D eigenvalue weighted by Gasteiger charge is 2.39. The van der Waals surface area contributed by atoms with Crippen molar-refractivity contribution in [2.24, 2.45) is 5.73 Å². The van der Waals surface area contributed by atoms with Crippen LogP contribution in [0.15, 0.2) is 0 Å². The number of unbranched alkanes of at least 4 members (excludes halogenated alkanes) is 6. The molecular formula is C18H38N2. The van der Waals surface area contributed by atoms with Gasteiger partial charge in [0.25, 0.3) is 0 Å². The molecule has 0 aliphatic heterocycles. The number of hydrogen-bond acceptors (Lipinski definition) is 2. The predicted molar refractivity (Wildman–Crippen MR) is 90.1 cm³/mol. The second-order valence-electron chi connectivity index (χ2n) is 7.08. The normalized spacial score (nSPS) is 20.2. The van der Waals surface area contributed by atoms with Crippen molar-refractivity contribution < 1.29 is 0 Å². The van der Waals surface area contributed by atoms with Crippen molar-refractivity contribution >= 4 is 0 Å². The van der Waals surface area contributed by atoms with E-state index >= 15 is 0 Å². The smallest absolute Gasteiger partial charge is 0.0354 e. The highest BCUT2D eigenvalue weighted by atomic mass is 15.2. The standard InChI is InChI=1S/C18H38N2/c1-4-5-6-7-8-9-11-14-17(19)18(20(2)3)15-12-10-13-16-18/h17H,4-16,19H2,1-3H3. The summed E-state index contributed by atoms with van der Waals surface area (Å²) in [4.78, 5) is 2.43. The summed E-state index contributed by atoms with van der Waals surface area (Å²) < 4.78 is 0. The van der Waals surface area contributed by atoms with Crippen LogP contribution in [0.2, 0.25) is 0 Å². The summed E-state index contributed by atoms with van der Waals surface area (Å²) in [7, 11) is 4.46. The minimum absolute atomic E-state index is 0.292. The van der Waals surface area contributed by atoms with E-state index in [9.17, 15) is 0 Å². The molecule has 20 heavy (non-hydrogen) atoms. The maximum absolute atomic E-state index is 6.61. The quantitative estimate of drug-likeness (QED) is 0.587. The molecule has 2 heteroatoms. The van der Waals surface area contributed by atoms with Gasteiger partial charge in [-0.2, -0.15) is 0 Å². The van der Waals surface area contributed by atoms with Crippen LogP contribution in [0.1, 0.15) is 90.4 Å². The van der Waals surface area contributed by atoms with Gasteiger partial charge >= 0.3 is 0 Å². The summed E-state index contributed by atoms with van der Waals surface area (Å²) in [6, 6.07) is 0.369. The van der Waals surface area contributed by atoms with Crippen LogP contribution in [0.5, 0.6) is 0 Å². The average molecular weight is 283 g/mol. The monoisotopic (exact) mass is 282 g/mol. The number of nitrogens with two attached hydrogens (primary N) is 1.